The number of thiazole rings is 1. The van der Waals surface area contributed by atoms with Gasteiger partial charge in [0, 0.05) is 31.6 Å². The summed E-state index contributed by atoms with van der Waals surface area (Å²) >= 11 is 1.25. The minimum Gasteiger partial charge on any atom is -0.493 e. The minimum atomic E-state index is -0.508. The molecule has 2 aromatic heterocycles. The lowest BCUT2D eigenvalue weighted by Crippen LogP contribution is -2.23. The average molecular weight is 390 g/mol. The standard InChI is InChI=1S/C17H18N4O5S/c1-20-6-5-18-15(20)16(23)19-17-21(9-14(22)26-4)10-7-11(24-2)12(25-3)8-13(10)27-17/h5-8H,9H2,1-4H3. The lowest BCUT2D eigenvalue weighted by Gasteiger charge is -2.09. The molecule has 0 atom stereocenters. The van der Waals surface area contributed by atoms with Gasteiger partial charge in [0.15, 0.2) is 16.3 Å². The van der Waals surface area contributed by atoms with Gasteiger partial charge in [-0.1, -0.05) is 11.3 Å². The summed E-state index contributed by atoms with van der Waals surface area (Å²) in [5.41, 5.74) is 0.675. The van der Waals surface area contributed by atoms with E-state index in [2.05, 4.69) is 9.98 Å². The van der Waals surface area contributed by atoms with Crippen molar-refractivity contribution in [3.05, 3.63) is 35.2 Å². The fraction of sp³-hybridized carbons (Fsp3) is 0.294. The number of aromatic nitrogens is 3. The van der Waals surface area contributed by atoms with E-state index in [1.807, 2.05) is 0 Å². The Morgan fingerprint density at radius 3 is 2.48 bits per heavy atom. The molecular formula is C17H18N4O5S. The van der Waals surface area contributed by atoms with Crippen LogP contribution in [0.25, 0.3) is 10.2 Å². The molecule has 1 aromatic carbocycles. The first-order valence-electron chi connectivity index (χ1n) is 7.87. The van der Waals surface area contributed by atoms with Crippen molar-refractivity contribution in [2.45, 2.75) is 6.54 Å². The highest BCUT2D eigenvalue weighted by Gasteiger charge is 2.17. The van der Waals surface area contributed by atoms with E-state index in [4.69, 9.17) is 14.2 Å². The van der Waals surface area contributed by atoms with E-state index in [1.165, 1.54) is 38.9 Å². The molecule has 0 aliphatic heterocycles. The van der Waals surface area contributed by atoms with Crippen molar-refractivity contribution >= 4 is 33.4 Å². The lowest BCUT2D eigenvalue weighted by atomic mass is 10.3. The van der Waals surface area contributed by atoms with Gasteiger partial charge in [-0.05, 0) is 0 Å². The quantitative estimate of drug-likeness (QED) is 0.611. The van der Waals surface area contributed by atoms with Gasteiger partial charge in [-0.2, -0.15) is 4.99 Å². The second-order valence-corrected chi connectivity index (χ2v) is 6.51. The summed E-state index contributed by atoms with van der Waals surface area (Å²) in [6.45, 7) is -0.0985. The molecule has 2 heterocycles. The number of esters is 1. The topological polar surface area (TPSA) is 96.9 Å². The van der Waals surface area contributed by atoms with Crippen molar-refractivity contribution in [2.24, 2.45) is 12.0 Å². The van der Waals surface area contributed by atoms with Crippen LogP contribution in [0.1, 0.15) is 10.6 Å². The smallest absolute Gasteiger partial charge is 0.325 e. The summed E-state index contributed by atoms with van der Waals surface area (Å²) in [7, 11) is 6.07. The van der Waals surface area contributed by atoms with E-state index < -0.39 is 11.9 Å². The summed E-state index contributed by atoms with van der Waals surface area (Å²) in [4.78, 5) is 32.9. The monoisotopic (exact) mass is 390 g/mol. The fourth-order valence-electron chi connectivity index (χ4n) is 2.54. The van der Waals surface area contributed by atoms with E-state index in [0.717, 1.165) is 4.70 Å². The van der Waals surface area contributed by atoms with Crippen molar-refractivity contribution in [1.29, 1.82) is 0 Å². The van der Waals surface area contributed by atoms with E-state index in [0.29, 0.717) is 21.8 Å². The maximum absolute atomic E-state index is 12.5. The summed E-state index contributed by atoms with van der Waals surface area (Å²) < 4.78 is 19.4. The van der Waals surface area contributed by atoms with Crippen molar-refractivity contribution in [2.75, 3.05) is 21.3 Å². The second kappa shape index (κ2) is 7.62. The molecule has 3 aromatic rings. The molecule has 0 bridgehead atoms. The zero-order chi connectivity index (χ0) is 19.6. The number of ether oxygens (including phenoxy) is 3. The number of carbonyl (C=O) groups is 2. The van der Waals surface area contributed by atoms with Gasteiger partial charge in [0.1, 0.15) is 6.54 Å². The molecule has 0 spiro atoms. The van der Waals surface area contributed by atoms with Crippen LogP contribution in [0.3, 0.4) is 0 Å². The van der Waals surface area contributed by atoms with Crippen LogP contribution in [0.2, 0.25) is 0 Å². The number of aryl methyl sites for hydroxylation is 1. The third kappa shape index (κ3) is 3.56. The van der Waals surface area contributed by atoms with Gasteiger partial charge in [0.05, 0.1) is 31.5 Å². The summed E-state index contributed by atoms with van der Waals surface area (Å²) in [5, 5.41) is 0. The van der Waals surface area contributed by atoms with Gasteiger partial charge in [-0.15, -0.1) is 0 Å². The Morgan fingerprint density at radius 1 is 1.19 bits per heavy atom. The molecule has 0 fully saturated rings. The van der Waals surface area contributed by atoms with Crippen molar-refractivity contribution < 1.29 is 23.8 Å². The largest absolute Gasteiger partial charge is 0.493 e. The molecule has 10 heteroatoms. The van der Waals surface area contributed by atoms with E-state index in [-0.39, 0.29) is 12.4 Å². The Labute approximate surface area is 158 Å². The number of amides is 1. The number of hydrogen-bond acceptors (Lipinski definition) is 7. The van der Waals surface area contributed by atoms with Crippen LogP contribution in [-0.2, 0) is 23.1 Å². The third-order valence-electron chi connectivity index (χ3n) is 3.91. The molecule has 142 valence electrons. The van der Waals surface area contributed by atoms with Gasteiger partial charge < -0.3 is 23.3 Å². The molecule has 0 saturated carbocycles. The first-order valence-corrected chi connectivity index (χ1v) is 8.68. The minimum absolute atomic E-state index is 0.0985. The predicted octanol–water partition coefficient (Wildman–Crippen LogP) is 1.37. The van der Waals surface area contributed by atoms with Crippen LogP contribution in [-0.4, -0.2) is 47.3 Å². The van der Waals surface area contributed by atoms with Crippen LogP contribution >= 0.6 is 11.3 Å². The Morgan fingerprint density at radius 2 is 1.89 bits per heavy atom. The van der Waals surface area contributed by atoms with Gasteiger partial charge >= 0.3 is 11.9 Å². The lowest BCUT2D eigenvalue weighted by molar-refractivity contribution is -0.141. The zero-order valence-corrected chi connectivity index (χ0v) is 16.1. The van der Waals surface area contributed by atoms with Crippen molar-refractivity contribution in [3.8, 4) is 11.5 Å². The number of hydrogen-bond donors (Lipinski definition) is 0. The molecule has 27 heavy (non-hydrogen) atoms. The van der Waals surface area contributed by atoms with Crippen LogP contribution in [0.4, 0.5) is 0 Å². The van der Waals surface area contributed by atoms with Crippen molar-refractivity contribution in [1.82, 2.24) is 14.1 Å². The predicted molar refractivity (Wildman–Crippen MR) is 98.0 cm³/mol. The Kier molecular flexibility index (Phi) is 5.26. The highest BCUT2D eigenvalue weighted by Crippen LogP contribution is 2.33. The number of methoxy groups -OCH3 is 3. The average Bonchev–Trinajstić information content (AvgIpc) is 3.23. The highest BCUT2D eigenvalue weighted by molar-refractivity contribution is 7.16. The number of fused-ring (bicyclic) bond motifs is 1. The second-order valence-electron chi connectivity index (χ2n) is 5.50. The molecule has 0 saturated heterocycles. The molecule has 9 nitrogen and oxygen atoms in total. The number of benzene rings is 1. The van der Waals surface area contributed by atoms with E-state index in [1.54, 1.807) is 34.5 Å². The maximum Gasteiger partial charge on any atom is 0.325 e. The zero-order valence-electron chi connectivity index (χ0n) is 15.3. The Bertz CT molecular complexity index is 1080. The summed E-state index contributed by atoms with van der Waals surface area (Å²) in [6.07, 6.45) is 3.18. The maximum atomic E-state index is 12.5. The molecule has 0 aliphatic rings. The highest BCUT2D eigenvalue weighted by atomic mass is 32.1. The van der Waals surface area contributed by atoms with E-state index in [9.17, 15) is 9.59 Å². The van der Waals surface area contributed by atoms with Crippen LogP contribution in [0.15, 0.2) is 29.5 Å². The van der Waals surface area contributed by atoms with Gasteiger partial charge in [-0.3, -0.25) is 9.59 Å². The SMILES string of the molecule is COC(=O)Cn1c(=NC(=O)c2nccn2C)sc2cc(OC)c(OC)cc21. The molecule has 0 unspecified atom stereocenters. The van der Waals surface area contributed by atoms with Gasteiger partial charge in [0.2, 0.25) is 5.82 Å². The van der Waals surface area contributed by atoms with Gasteiger partial charge in [0.25, 0.3) is 0 Å². The molecule has 0 aliphatic carbocycles. The normalized spacial score (nSPS) is 11.6. The third-order valence-corrected chi connectivity index (χ3v) is 4.95. The summed E-state index contributed by atoms with van der Waals surface area (Å²) in [6, 6.07) is 3.51. The Hall–Kier alpha value is -3.14. The molecular weight excluding hydrogens is 372 g/mol. The van der Waals surface area contributed by atoms with Crippen LogP contribution in [0, 0.1) is 0 Å². The molecule has 3 rings (SSSR count). The number of imidazole rings is 1. The molecule has 0 N–H and O–H groups in total. The Balaban J connectivity index is 2.22. The first kappa shape index (κ1) is 18.6. The van der Waals surface area contributed by atoms with Crippen LogP contribution < -0.4 is 14.3 Å². The molecule has 1 amide bonds. The number of rotatable bonds is 5. The number of nitrogens with zero attached hydrogens (tertiary/aromatic N) is 4. The molecule has 0 radical (unpaired) electrons. The first-order chi connectivity index (χ1) is 13.0. The van der Waals surface area contributed by atoms with Crippen LogP contribution in [0.5, 0.6) is 11.5 Å². The van der Waals surface area contributed by atoms with Crippen molar-refractivity contribution in [3.63, 3.8) is 0 Å². The number of carbonyl (C=O) groups excluding carboxylic acids is 2. The summed E-state index contributed by atoms with van der Waals surface area (Å²) in [5.74, 6) is 0.274. The van der Waals surface area contributed by atoms with Gasteiger partial charge in [-0.25, -0.2) is 4.98 Å². The van der Waals surface area contributed by atoms with E-state index >= 15 is 0 Å². The fourth-order valence-corrected chi connectivity index (χ4v) is 3.57.